The highest BCUT2D eigenvalue weighted by atomic mass is 16.3. The summed E-state index contributed by atoms with van der Waals surface area (Å²) >= 11 is 0. The topological polar surface area (TPSA) is 32.8 Å². The van der Waals surface area contributed by atoms with E-state index in [1.165, 1.54) is 11.1 Å². The molecule has 0 aliphatic carbocycles. The Kier molecular flexibility index (Phi) is 9.12. The highest BCUT2D eigenvalue weighted by Gasteiger charge is 2.20. The van der Waals surface area contributed by atoms with E-state index in [1.54, 1.807) is 0 Å². The summed E-state index contributed by atoms with van der Waals surface area (Å²) < 4.78 is 12.9. The van der Waals surface area contributed by atoms with Gasteiger partial charge in [-0.05, 0) is 118 Å². The van der Waals surface area contributed by atoms with Crippen LogP contribution >= 0.6 is 0 Å². The fourth-order valence-electron chi connectivity index (χ4n) is 9.16. The molecule has 0 saturated carbocycles. The van der Waals surface area contributed by atoms with Gasteiger partial charge in [0.2, 0.25) is 0 Å². The fourth-order valence-corrected chi connectivity index (χ4v) is 9.16. The van der Waals surface area contributed by atoms with Crippen LogP contribution < -0.4 is 9.80 Å². The second kappa shape index (κ2) is 15.7. The second-order valence-corrected chi connectivity index (χ2v) is 16.2. The first-order valence-electron chi connectivity index (χ1n) is 21.6. The molecule has 0 amide bonds. The molecule has 10 aromatic carbocycles. The Morgan fingerprint density at radius 3 is 0.891 bits per heavy atom. The minimum atomic E-state index is 0.851. The van der Waals surface area contributed by atoms with Crippen LogP contribution in [0.3, 0.4) is 0 Å². The molecule has 302 valence electrons. The third-order valence-electron chi connectivity index (χ3n) is 12.2. The number of anilines is 6. The lowest BCUT2D eigenvalue weighted by atomic mass is 10.0. The lowest BCUT2D eigenvalue weighted by Crippen LogP contribution is -2.10. The van der Waals surface area contributed by atoms with Crippen LogP contribution in [-0.2, 0) is 0 Å². The van der Waals surface area contributed by atoms with Gasteiger partial charge in [0.1, 0.15) is 22.3 Å². The van der Waals surface area contributed by atoms with Gasteiger partial charge >= 0.3 is 0 Å². The molecule has 0 spiro atoms. The Morgan fingerprint density at radius 1 is 0.203 bits per heavy atom. The van der Waals surface area contributed by atoms with Crippen molar-refractivity contribution in [1.29, 1.82) is 0 Å². The van der Waals surface area contributed by atoms with Crippen molar-refractivity contribution in [3.05, 3.63) is 243 Å². The van der Waals surface area contributed by atoms with E-state index in [1.807, 2.05) is 24.3 Å². The maximum absolute atomic E-state index is 6.44. The third kappa shape index (κ3) is 6.75. The summed E-state index contributed by atoms with van der Waals surface area (Å²) in [6.45, 7) is 0. The average Bonchev–Trinajstić information content (AvgIpc) is 3.93. The molecule has 4 heteroatoms. The molecule has 2 heterocycles. The quantitative estimate of drug-likeness (QED) is 0.145. The van der Waals surface area contributed by atoms with Gasteiger partial charge < -0.3 is 18.6 Å². The average molecular weight is 821 g/mol. The molecule has 0 saturated heterocycles. The maximum atomic E-state index is 6.44. The van der Waals surface area contributed by atoms with Crippen molar-refractivity contribution in [3.63, 3.8) is 0 Å². The van der Waals surface area contributed by atoms with Gasteiger partial charge in [0.05, 0.1) is 0 Å². The first-order valence-corrected chi connectivity index (χ1v) is 21.6. The van der Waals surface area contributed by atoms with Crippen LogP contribution in [0.25, 0.3) is 77.3 Å². The Bertz CT molecular complexity index is 3400. The zero-order valence-corrected chi connectivity index (χ0v) is 34.8. The molecule has 12 rings (SSSR count). The van der Waals surface area contributed by atoms with Crippen molar-refractivity contribution in [2.45, 2.75) is 0 Å². The van der Waals surface area contributed by atoms with E-state index in [2.05, 4.69) is 228 Å². The van der Waals surface area contributed by atoms with Gasteiger partial charge in [-0.15, -0.1) is 0 Å². The second-order valence-electron chi connectivity index (χ2n) is 16.2. The van der Waals surface area contributed by atoms with Gasteiger partial charge in [0.25, 0.3) is 0 Å². The van der Waals surface area contributed by atoms with Gasteiger partial charge in [0, 0.05) is 67.8 Å². The Labute approximate surface area is 371 Å². The van der Waals surface area contributed by atoms with Gasteiger partial charge in [-0.2, -0.15) is 0 Å². The lowest BCUT2D eigenvalue weighted by molar-refractivity contribution is 0.668. The van der Waals surface area contributed by atoms with E-state index in [-0.39, 0.29) is 0 Å². The van der Waals surface area contributed by atoms with Crippen LogP contribution in [0.4, 0.5) is 34.1 Å². The van der Waals surface area contributed by atoms with E-state index < -0.39 is 0 Å². The van der Waals surface area contributed by atoms with Crippen LogP contribution in [0.5, 0.6) is 0 Å². The molecule has 0 fully saturated rings. The molecular formula is C60H40N2O2. The predicted molar refractivity (Wildman–Crippen MR) is 267 cm³/mol. The van der Waals surface area contributed by atoms with Crippen molar-refractivity contribution in [2.75, 3.05) is 9.80 Å². The van der Waals surface area contributed by atoms with Gasteiger partial charge in [-0.1, -0.05) is 146 Å². The minimum absolute atomic E-state index is 0.851. The maximum Gasteiger partial charge on any atom is 0.137 e. The first-order chi connectivity index (χ1) is 31.7. The molecule has 0 atom stereocenters. The smallest absolute Gasteiger partial charge is 0.137 e. The van der Waals surface area contributed by atoms with Crippen LogP contribution in [0, 0.1) is 0 Å². The molecule has 2 aromatic heterocycles. The standard InChI is InChI=1S/C60H40N2O2/c1-3-15-41(16-4-1)43-19-11-23-47(35-43)61(51-31-33-55-53-27-7-9-29-57(53)63-59(55)39-51)49-25-13-21-45(37-49)46-22-14-26-50(38-46)62(48-24-12-20-44(36-48)42-17-5-2-6-18-42)52-32-34-56-54-28-8-10-30-58(54)64-60(56)40-52/h1-40H. The number of para-hydroxylation sites is 2. The number of rotatable bonds is 9. The molecular weight excluding hydrogens is 781 g/mol. The molecule has 0 aliphatic rings. The Morgan fingerprint density at radius 2 is 0.500 bits per heavy atom. The van der Waals surface area contributed by atoms with Crippen LogP contribution in [0.2, 0.25) is 0 Å². The number of fused-ring (bicyclic) bond motifs is 6. The van der Waals surface area contributed by atoms with E-state index in [9.17, 15) is 0 Å². The number of nitrogens with zero attached hydrogens (tertiary/aromatic N) is 2. The summed E-state index contributed by atoms with van der Waals surface area (Å²) in [5.41, 5.74) is 16.5. The molecule has 0 N–H and O–H groups in total. The third-order valence-corrected chi connectivity index (χ3v) is 12.2. The monoisotopic (exact) mass is 820 g/mol. The van der Waals surface area contributed by atoms with Crippen LogP contribution in [-0.4, -0.2) is 0 Å². The highest BCUT2D eigenvalue weighted by Crippen LogP contribution is 2.43. The minimum Gasteiger partial charge on any atom is -0.456 e. The summed E-state index contributed by atoms with van der Waals surface area (Å²) in [6, 6.07) is 85.9. The molecule has 0 unspecified atom stereocenters. The summed E-state index contributed by atoms with van der Waals surface area (Å²) in [5.74, 6) is 0. The molecule has 0 bridgehead atoms. The fraction of sp³-hybridized carbons (Fsp3) is 0. The summed E-state index contributed by atoms with van der Waals surface area (Å²) in [6.07, 6.45) is 0. The normalized spacial score (nSPS) is 11.4. The van der Waals surface area contributed by atoms with E-state index >= 15 is 0 Å². The summed E-state index contributed by atoms with van der Waals surface area (Å²) in [7, 11) is 0. The number of furan rings is 2. The number of benzene rings is 10. The van der Waals surface area contributed by atoms with Crippen molar-refractivity contribution in [2.24, 2.45) is 0 Å². The van der Waals surface area contributed by atoms with E-state index in [0.717, 1.165) is 100 Å². The van der Waals surface area contributed by atoms with Gasteiger partial charge in [0.15, 0.2) is 0 Å². The molecule has 4 nitrogen and oxygen atoms in total. The molecule has 0 aliphatic heterocycles. The highest BCUT2D eigenvalue weighted by molar-refractivity contribution is 6.07. The zero-order chi connectivity index (χ0) is 42.4. The van der Waals surface area contributed by atoms with Crippen molar-refractivity contribution in [1.82, 2.24) is 0 Å². The Balaban J connectivity index is 0.989. The number of hydrogen-bond acceptors (Lipinski definition) is 4. The summed E-state index contributed by atoms with van der Waals surface area (Å²) in [4.78, 5) is 4.66. The van der Waals surface area contributed by atoms with E-state index in [0.29, 0.717) is 0 Å². The first kappa shape index (κ1) is 37.2. The number of hydrogen-bond donors (Lipinski definition) is 0. The lowest BCUT2D eigenvalue weighted by Gasteiger charge is -2.27. The van der Waals surface area contributed by atoms with Crippen molar-refractivity contribution >= 4 is 78.0 Å². The molecule has 64 heavy (non-hydrogen) atoms. The largest absolute Gasteiger partial charge is 0.456 e. The van der Waals surface area contributed by atoms with Crippen molar-refractivity contribution in [3.8, 4) is 33.4 Å². The zero-order valence-electron chi connectivity index (χ0n) is 34.8. The molecule has 0 radical (unpaired) electrons. The predicted octanol–water partition coefficient (Wildman–Crippen LogP) is 17.4. The van der Waals surface area contributed by atoms with E-state index in [4.69, 9.17) is 8.83 Å². The van der Waals surface area contributed by atoms with Gasteiger partial charge in [-0.3, -0.25) is 0 Å². The van der Waals surface area contributed by atoms with Gasteiger partial charge in [-0.25, -0.2) is 0 Å². The van der Waals surface area contributed by atoms with Crippen molar-refractivity contribution < 1.29 is 8.83 Å². The Hall–Kier alpha value is -8.60. The molecule has 12 aromatic rings. The summed E-state index contributed by atoms with van der Waals surface area (Å²) in [5, 5.41) is 4.42. The SMILES string of the molecule is c1ccc(-c2cccc(N(c3cccc(-c4cccc(N(c5cccc(-c6ccccc6)c5)c5ccc6c(c5)oc5ccccc56)c4)c3)c3ccc4c(c3)oc3ccccc34)c2)cc1. The van der Waals surface area contributed by atoms with Crippen LogP contribution in [0.1, 0.15) is 0 Å². The van der Waals surface area contributed by atoms with Crippen LogP contribution in [0.15, 0.2) is 251 Å².